The van der Waals surface area contributed by atoms with Crippen LogP contribution < -0.4 is 5.56 Å². The van der Waals surface area contributed by atoms with Gasteiger partial charge in [-0.3, -0.25) is 9.36 Å². The molecule has 0 amide bonds. The van der Waals surface area contributed by atoms with Gasteiger partial charge in [0, 0.05) is 4.47 Å². The van der Waals surface area contributed by atoms with Crippen molar-refractivity contribution in [1.29, 1.82) is 0 Å². The summed E-state index contributed by atoms with van der Waals surface area (Å²) in [6.45, 7) is 4.67. The molecule has 0 fully saturated rings. The molecule has 0 bridgehead atoms. The van der Waals surface area contributed by atoms with Crippen molar-refractivity contribution in [1.82, 2.24) is 9.55 Å². The smallest absolute Gasteiger partial charge is 0.261 e. The summed E-state index contributed by atoms with van der Waals surface area (Å²) in [5.74, 6) is 0. The Kier molecular flexibility index (Phi) is 3.64. The summed E-state index contributed by atoms with van der Waals surface area (Å²) >= 11 is 3.40. The molecule has 1 heterocycles. The van der Waals surface area contributed by atoms with Crippen LogP contribution in [0.15, 0.2) is 52.0 Å². The van der Waals surface area contributed by atoms with Crippen molar-refractivity contribution < 1.29 is 0 Å². The zero-order valence-electron chi connectivity index (χ0n) is 11.9. The lowest BCUT2D eigenvalue weighted by Gasteiger charge is -2.10. The molecular formula is C17H15BrN2O. The fraction of sp³-hybridized carbons (Fsp3) is 0.176. The number of aromatic nitrogens is 2. The van der Waals surface area contributed by atoms with Gasteiger partial charge in [-0.05, 0) is 43.2 Å². The fourth-order valence-corrected chi connectivity index (χ4v) is 2.75. The van der Waals surface area contributed by atoms with E-state index in [2.05, 4.69) is 53.0 Å². The quantitative estimate of drug-likeness (QED) is 0.709. The second kappa shape index (κ2) is 5.45. The van der Waals surface area contributed by atoms with Crippen molar-refractivity contribution in [3.8, 4) is 0 Å². The van der Waals surface area contributed by atoms with Crippen LogP contribution >= 0.6 is 15.9 Å². The van der Waals surface area contributed by atoms with Crippen LogP contribution in [0.4, 0.5) is 0 Å². The van der Waals surface area contributed by atoms with Gasteiger partial charge in [0.1, 0.15) is 0 Å². The molecule has 0 unspecified atom stereocenters. The maximum absolute atomic E-state index is 12.5. The number of halogens is 1. The van der Waals surface area contributed by atoms with Crippen molar-refractivity contribution in [2.75, 3.05) is 0 Å². The highest BCUT2D eigenvalue weighted by molar-refractivity contribution is 9.10. The number of benzene rings is 2. The summed E-state index contributed by atoms with van der Waals surface area (Å²) in [5, 5.41) is 0.644. The third-order valence-corrected chi connectivity index (χ3v) is 4.13. The van der Waals surface area contributed by atoms with Gasteiger partial charge in [0.05, 0.1) is 23.8 Å². The second-order valence-electron chi connectivity index (χ2n) is 5.27. The van der Waals surface area contributed by atoms with E-state index in [1.54, 1.807) is 10.9 Å². The van der Waals surface area contributed by atoms with Gasteiger partial charge in [0.2, 0.25) is 0 Å². The zero-order chi connectivity index (χ0) is 15.0. The van der Waals surface area contributed by atoms with Gasteiger partial charge in [-0.2, -0.15) is 0 Å². The van der Waals surface area contributed by atoms with E-state index in [0.29, 0.717) is 17.4 Å². The zero-order valence-corrected chi connectivity index (χ0v) is 13.5. The standard InChI is InChI=1S/C17H15BrN2O/c1-11-3-4-12(2)13(7-11)9-20-10-19-16-8-14(18)5-6-15(16)17(20)21/h3-8,10H,9H2,1-2H3. The molecule has 3 rings (SSSR count). The maximum Gasteiger partial charge on any atom is 0.261 e. The van der Waals surface area contributed by atoms with E-state index in [1.807, 2.05) is 18.2 Å². The molecule has 0 saturated carbocycles. The number of nitrogens with zero attached hydrogens (tertiary/aromatic N) is 2. The largest absolute Gasteiger partial charge is 0.294 e. The molecule has 3 aromatic rings. The first-order valence-corrected chi connectivity index (χ1v) is 7.55. The predicted octanol–water partition coefficient (Wildman–Crippen LogP) is 3.82. The predicted molar refractivity (Wildman–Crippen MR) is 88.7 cm³/mol. The van der Waals surface area contributed by atoms with E-state index < -0.39 is 0 Å². The number of hydrogen-bond acceptors (Lipinski definition) is 2. The van der Waals surface area contributed by atoms with Gasteiger partial charge in [0.25, 0.3) is 5.56 Å². The second-order valence-corrected chi connectivity index (χ2v) is 6.18. The number of rotatable bonds is 2. The highest BCUT2D eigenvalue weighted by Gasteiger charge is 2.06. The van der Waals surface area contributed by atoms with Crippen LogP contribution in [0.1, 0.15) is 16.7 Å². The molecule has 0 spiro atoms. The van der Waals surface area contributed by atoms with Crippen molar-refractivity contribution in [3.63, 3.8) is 0 Å². The SMILES string of the molecule is Cc1ccc(C)c(Cn2cnc3cc(Br)ccc3c2=O)c1. The molecule has 0 N–H and O–H groups in total. The Morgan fingerprint density at radius 2 is 1.95 bits per heavy atom. The highest BCUT2D eigenvalue weighted by Crippen LogP contribution is 2.16. The molecular weight excluding hydrogens is 328 g/mol. The molecule has 2 aromatic carbocycles. The molecule has 0 aliphatic heterocycles. The summed E-state index contributed by atoms with van der Waals surface area (Å²) in [5.41, 5.74) is 4.24. The first-order valence-electron chi connectivity index (χ1n) is 6.75. The molecule has 0 saturated heterocycles. The Balaban J connectivity index is 2.09. The lowest BCUT2D eigenvalue weighted by molar-refractivity contribution is 0.744. The molecule has 106 valence electrons. The Morgan fingerprint density at radius 1 is 1.14 bits per heavy atom. The molecule has 3 nitrogen and oxygen atoms in total. The highest BCUT2D eigenvalue weighted by atomic mass is 79.9. The summed E-state index contributed by atoms with van der Waals surface area (Å²) in [6.07, 6.45) is 1.62. The molecule has 21 heavy (non-hydrogen) atoms. The maximum atomic E-state index is 12.5. The van der Waals surface area contributed by atoms with Crippen LogP contribution in [-0.2, 0) is 6.54 Å². The topological polar surface area (TPSA) is 34.9 Å². The number of aryl methyl sites for hydroxylation is 2. The Labute approximate surface area is 131 Å². The Morgan fingerprint density at radius 3 is 2.76 bits per heavy atom. The normalized spacial score (nSPS) is 11.0. The van der Waals surface area contributed by atoms with Crippen LogP contribution in [0.3, 0.4) is 0 Å². The molecule has 0 radical (unpaired) electrons. The van der Waals surface area contributed by atoms with Gasteiger partial charge in [-0.15, -0.1) is 0 Å². The van der Waals surface area contributed by atoms with Crippen LogP contribution in [0.25, 0.3) is 10.9 Å². The van der Waals surface area contributed by atoms with Gasteiger partial charge in [0.15, 0.2) is 0 Å². The number of hydrogen-bond donors (Lipinski definition) is 0. The van der Waals surface area contributed by atoms with Crippen LogP contribution in [-0.4, -0.2) is 9.55 Å². The van der Waals surface area contributed by atoms with E-state index in [0.717, 1.165) is 10.0 Å². The third-order valence-electron chi connectivity index (χ3n) is 3.63. The minimum absolute atomic E-state index is 0.00611. The van der Waals surface area contributed by atoms with Crippen molar-refractivity contribution >= 4 is 26.8 Å². The van der Waals surface area contributed by atoms with Crippen LogP contribution in [0, 0.1) is 13.8 Å². The van der Waals surface area contributed by atoms with Gasteiger partial charge in [-0.1, -0.05) is 39.7 Å². The summed E-state index contributed by atoms with van der Waals surface area (Å²) < 4.78 is 2.59. The Hall–Kier alpha value is -1.94. The third kappa shape index (κ3) is 2.76. The van der Waals surface area contributed by atoms with Crippen molar-refractivity contribution in [2.24, 2.45) is 0 Å². The monoisotopic (exact) mass is 342 g/mol. The Bertz CT molecular complexity index is 884. The fourth-order valence-electron chi connectivity index (χ4n) is 2.40. The first-order chi connectivity index (χ1) is 10.0. The summed E-state index contributed by atoms with van der Waals surface area (Å²) in [6, 6.07) is 11.8. The lowest BCUT2D eigenvalue weighted by Crippen LogP contribution is -2.21. The molecule has 0 atom stereocenters. The minimum Gasteiger partial charge on any atom is -0.294 e. The average Bonchev–Trinajstić information content (AvgIpc) is 2.45. The van der Waals surface area contributed by atoms with E-state index in [-0.39, 0.29) is 5.56 Å². The van der Waals surface area contributed by atoms with Crippen LogP contribution in [0.2, 0.25) is 0 Å². The van der Waals surface area contributed by atoms with E-state index in [1.165, 1.54) is 11.1 Å². The molecule has 0 aliphatic carbocycles. The summed E-state index contributed by atoms with van der Waals surface area (Å²) in [4.78, 5) is 16.9. The molecule has 4 heteroatoms. The van der Waals surface area contributed by atoms with Gasteiger partial charge in [-0.25, -0.2) is 4.98 Å². The van der Waals surface area contributed by atoms with E-state index in [9.17, 15) is 4.79 Å². The minimum atomic E-state index is -0.00611. The molecule has 0 aliphatic rings. The molecule has 1 aromatic heterocycles. The van der Waals surface area contributed by atoms with Crippen molar-refractivity contribution in [3.05, 3.63) is 74.2 Å². The van der Waals surface area contributed by atoms with Gasteiger partial charge >= 0.3 is 0 Å². The summed E-state index contributed by atoms with van der Waals surface area (Å²) in [7, 11) is 0. The average molecular weight is 343 g/mol. The first kappa shape index (κ1) is 14.0. The van der Waals surface area contributed by atoms with E-state index >= 15 is 0 Å². The van der Waals surface area contributed by atoms with Gasteiger partial charge < -0.3 is 0 Å². The number of fused-ring (bicyclic) bond motifs is 1. The lowest BCUT2D eigenvalue weighted by atomic mass is 10.1. The van der Waals surface area contributed by atoms with Crippen molar-refractivity contribution in [2.45, 2.75) is 20.4 Å². The van der Waals surface area contributed by atoms with Crippen LogP contribution in [0.5, 0.6) is 0 Å². The van der Waals surface area contributed by atoms with E-state index in [4.69, 9.17) is 0 Å².